The lowest BCUT2D eigenvalue weighted by atomic mass is 10.4. The lowest BCUT2D eigenvalue weighted by molar-refractivity contribution is -0.384. The second-order valence-corrected chi connectivity index (χ2v) is 4.18. The molecule has 17 heavy (non-hydrogen) atoms. The third kappa shape index (κ3) is 2.61. The third-order valence-corrected chi connectivity index (χ3v) is 2.73. The second kappa shape index (κ2) is 4.52. The first kappa shape index (κ1) is 11.6. The summed E-state index contributed by atoms with van der Waals surface area (Å²) in [6.45, 7) is 4.69. The summed E-state index contributed by atoms with van der Waals surface area (Å²) in [7, 11) is 0. The molecule has 2 unspecified atom stereocenters. The van der Waals surface area contributed by atoms with Crippen molar-refractivity contribution in [1.29, 1.82) is 0 Å². The number of nitro groups is 1. The van der Waals surface area contributed by atoms with E-state index in [9.17, 15) is 10.1 Å². The molecule has 2 N–H and O–H groups in total. The van der Waals surface area contributed by atoms with Gasteiger partial charge < -0.3 is 10.6 Å². The van der Waals surface area contributed by atoms with Gasteiger partial charge in [0.2, 0.25) is 11.8 Å². The summed E-state index contributed by atoms with van der Waals surface area (Å²) in [6.07, 6.45) is 2.26. The molecular formula is C10H15N5O2. The molecule has 1 fully saturated rings. The Morgan fingerprint density at radius 2 is 2.35 bits per heavy atom. The molecule has 92 valence electrons. The van der Waals surface area contributed by atoms with Crippen molar-refractivity contribution in [2.75, 3.05) is 17.2 Å². The van der Waals surface area contributed by atoms with Crippen LogP contribution in [0.15, 0.2) is 6.20 Å². The van der Waals surface area contributed by atoms with E-state index < -0.39 is 4.92 Å². The maximum atomic E-state index is 10.8. The molecule has 0 aromatic carbocycles. The molecule has 0 amide bonds. The molecule has 7 nitrogen and oxygen atoms in total. The Morgan fingerprint density at radius 3 is 2.88 bits per heavy atom. The zero-order valence-electron chi connectivity index (χ0n) is 9.80. The van der Waals surface area contributed by atoms with Gasteiger partial charge >= 0.3 is 5.69 Å². The number of hydrogen-bond donors (Lipinski definition) is 2. The highest BCUT2D eigenvalue weighted by atomic mass is 16.6. The maximum Gasteiger partial charge on any atom is 0.329 e. The minimum atomic E-state index is -0.467. The zero-order chi connectivity index (χ0) is 12.4. The van der Waals surface area contributed by atoms with Gasteiger partial charge in [-0.05, 0) is 19.3 Å². The summed E-state index contributed by atoms with van der Waals surface area (Å²) in [5, 5.41) is 16.9. The van der Waals surface area contributed by atoms with E-state index >= 15 is 0 Å². The van der Waals surface area contributed by atoms with E-state index in [4.69, 9.17) is 0 Å². The standard InChI is InChI=1S/C10H15N5O2/c1-3-11-10-12-5-8(15(16)17)9(14-10)13-7-4-6(7)2/h5-7H,3-4H2,1-2H3,(H2,11,12,13,14). The Hall–Kier alpha value is -1.92. The molecule has 0 bridgehead atoms. The van der Waals surface area contributed by atoms with Crippen molar-refractivity contribution in [1.82, 2.24) is 9.97 Å². The molecule has 0 aliphatic heterocycles. The predicted molar refractivity (Wildman–Crippen MR) is 64.0 cm³/mol. The van der Waals surface area contributed by atoms with Crippen LogP contribution < -0.4 is 10.6 Å². The first-order chi connectivity index (χ1) is 8.11. The summed E-state index contributed by atoms with van der Waals surface area (Å²) in [5.41, 5.74) is -0.0780. The van der Waals surface area contributed by atoms with Crippen LogP contribution in [-0.4, -0.2) is 27.5 Å². The number of hydrogen-bond acceptors (Lipinski definition) is 6. The van der Waals surface area contributed by atoms with Gasteiger partial charge in [-0.1, -0.05) is 6.92 Å². The van der Waals surface area contributed by atoms with Crippen LogP contribution in [0.2, 0.25) is 0 Å². The predicted octanol–water partition coefficient (Wildman–Crippen LogP) is 1.64. The highest BCUT2D eigenvalue weighted by Gasteiger charge is 2.34. The van der Waals surface area contributed by atoms with Crippen LogP contribution >= 0.6 is 0 Å². The van der Waals surface area contributed by atoms with Gasteiger partial charge in [-0.3, -0.25) is 10.1 Å². The van der Waals surface area contributed by atoms with Crippen molar-refractivity contribution in [2.45, 2.75) is 26.3 Å². The molecule has 0 spiro atoms. The summed E-state index contributed by atoms with van der Waals surface area (Å²) in [5.74, 6) is 1.26. The van der Waals surface area contributed by atoms with Gasteiger partial charge in [-0.15, -0.1) is 0 Å². The van der Waals surface area contributed by atoms with Gasteiger partial charge in [0.25, 0.3) is 0 Å². The smallest absolute Gasteiger partial charge is 0.329 e. The van der Waals surface area contributed by atoms with Crippen LogP contribution in [0.1, 0.15) is 20.3 Å². The van der Waals surface area contributed by atoms with Crippen LogP contribution in [-0.2, 0) is 0 Å². The number of anilines is 2. The molecule has 1 heterocycles. The Morgan fingerprint density at radius 1 is 1.65 bits per heavy atom. The Labute approximate surface area is 98.8 Å². The van der Waals surface area contributed by atoms with Crippen molar-refractivity contribution in [3.8, 4) is 0 Å². The number of rotatable bonds is 5. The van der Waals surface area contributed by atoms with E-state index in [1.807, 2.05) is 6.92 Å². The fourth-order valence-corrected chi connectivity index (χ4v) is 1.56. The Balaban J connectivity index is 2.23. The molecule has 2 atom stereocenters. The second-order valence-electron chi connectivity index (χ2n) is 4.18. The summed E-state index contributed by atoms with van der Waals surface area (Å²) in [6, 6.07) is 0.290. The van der Waals surface area contributed by atoms with Gasteiger partial charge in [0.15, 0.2) is 0 Å². The number of nitrogens with one attached hydrogen (secondary N) is 2. The molecule has 1 saturated carbocycles. The van der Waals surface area contributed by atoms with Crippen molar-refractivity contribution in [3.63, 3.8) is 0 Å². The quantitative estimate of drug-likeness (QED) is 0.597. The minimum Gasteiger partial charge on any atom is -0.361 e. The summed E-state index contributed by atoms with van der Waals surface area (Å²) in [4.78, 5) is 18.4. The van der Waals surface area contributed by atoms with Gasteiger partial charge in [0, 0.05) is 12.6 Å². The van der Waals surface area contributed by atoms with Gasteiger partial charge in [0.05, 0.1) is 4.92 Å². The van der Waals surface area contributed by atoms with Gasteiger partial charge in [0.1, 0.15) is 6.20 Å². The molecule has 0 saturated heterocycles. The summed E-state index contributed by atoms with van der Waals surface area (Å²) >= 11 is 0. The van der Waals surface area contributed by atoms with Crippen LogP contribution in [0.25, 0.3) is 0 Å². The average Bonchev–Trinajstić information content (AvgIpc) is 2.94. The van der Waals surface area contributed by atoms with Crippen molar-refractivity contribution >= 4 is 17.5 Å². The fourth-order valence-electron chi connectivity index (χ4n) is 1.56. The van der Waals surface area contributed by atoms with E-state index in [0.29, 0.717) is 24.2 Å². The highest BCUT2D eigenvalue weighted by molar-refractivity contribution is 5.58. The lowest BCUT2D eigenvalue weighted by Crippen LogP contribution is -2.11. The van der Waals surface area contributed by atoms with E-state index in [1.165, 1.54) is 6.20 Å². The SMILES string of the molecule is CCNc1ncc([N+](=O)[O-])c(NC2CC2C)n1. The van der Waals surface area contributed by atoms with Crippen molar-refractivity contribution < 1.29 is 4.92 Å². The molecule has 1 aliphatic rings. The minimum absolute atomic E-state index is 0.0780. The topological polar surface area (TPSA) is 93.0 Å². The molecule has 1 aromatic heterocycles. The first-order valence-electron chi connectivity index (χ1n) is 5.63. The molecule has 1 aromatic rings. The van der Waals surface area contributed by atoms with Crippen LogP contribution in [0.3, 0.4) is 0 Å². The molecule has 2 rings (SSSR count). The highest BCUT2D eigenvalue weighted by Crippen LogP contribution is 2.34. The first-order valence-corrected chi connectivity index (χ1v) is 5.63. The van der Waals surface area contributed by atoms with E-state index in [1.54, 1.807) is 0 Å². The van der Waals surface area contributed by atoms with Gasteiger partial charge in [-0.25, -0.2) is 4.98 Å². The molecule has 0 radical (unpaired) electrons. The maximum absolute atomic E-state index is 10.8. The molecule has 7 heteroatoms. The van der Waals surface area contributed by atoms with Crippen LogP contribution in [0.4, 0.5) is 17.5 Å². The molecular weight excluding hydrogens is 222 g/mol. The Kier molecular flexibility index (Phi) is 3.08. The monoisotopic (exact) mass is 237 g/mol. The third-order valence-electron chi connectivity index (χ3n) is 2.73. The summed E-state index contributed by atoms with van der Waals surface area (Å²) < 4.78 is 0. The average molecular weight is 237 g/mol. The number of aromatic nitrogens is 2. The normalized spacial score (nSPS) is 22.0. The Bertz CT molecular complexity index is 437. The van der Waals surface area contributed by atoms with E-state index in [2.05, 4.69) is 27.5 Å². The largest absolute Gasteiger partial charge is 0.361 e. The van der Waals surface area contributed by atoms with Gasteiger partial charge in [-0.2, -0.15) is 4.98 Å². The fraction of sp³-hybridized carbons (Fsp3) is 0.600. The van der Waals surface area contributed by atoms with Crippen molar-refractivity contribution in [2.24, 2.45) is 5.92 Å². The van der Waals surface area contributed by atoms with E-state index in [-0.39, 0.29) is 11.7 Å². The zero-order valence-corrected chi connectivity index (χ0v) is 9.80. The lowest BCUT2D eigenvalue weighted by Gasteiger charge is -2.07. The van der Waals surface area contributed by atoms with Crippen molar-refractivity contribution in [3.05, 3.63) is 16.3 Å². The van der Waals surface area contributed by atoms with Crippen LogP contribution in [0.5, 0.6) is 0 Å². The van der Waals surface area contributed by atoms with Crippen LogP contribution in [0, 0.1) is 16.0 Å². The molecule has 1 aliphatic carbocycles. The number of nitrogens with zero attached hydrogens (tertiary/aromatic N) is 3. The van der Waals surface area contributed by atoms with E-state index in [0.717, 1.165) is 6.42 Å².